The van der Waals surface area contributed by atoms with Crippen molar-refractivity contribution >= 4 is 11.9 Å². The van der Waals surface area contributed by atoms with E-state index in [1.807, 2.05) is 38.1 Å². The average molecular weight is 430 g/mol. The Morgan fingerprint density at radius 3 is 1.97 bits per heavy atom. The largest absolute Gasteiger partial charge is 0.497 e. The Kier molecular flexibility index (Phi) is 9.34. The highest BCUT2D eigenvalue weighted by atomic mass is 16.5. The van der Waals surface area contributed by atoms with E-state index >= 15 is 0 Å². The first-order valence-corrected chi connectivity index (χ1v) is 10.3. The van der Waals surface area contributed by atoms with Gasteiger partial charge in [-0.2, -0.15) is 0 Å². The summed E-state index contributed by atoms with van der Waals surface area (Å²) >= 11 is 0. The zero-order chi connectivity index (χ0) is 22.8. The van der Waals surface area contributed by atoms with E-state index in [1.54, 1.807) is 36.3 Å². The first kappa shape index (κ1) is 24.2. The third-order valence-electron chi connectivity index (χ3n) is 5.15. The number of nitrogens with zero attached hydrogens (tertiary/aromatic N) is 1. The molecule has 2 rings (SSSR count). The first-order chi connectivity index (χ1) is 14.9. The molecule has 7 nitrogen and oxygen atoms in total. The smallest absolute Gasteiger partial charge is 0.333 e. The van der Waals surface area contributed by atoms with Crippen molar-refractivity contribution in [2.24, 2.45) is 0 Å². The summed E-state index contributed by atoms with van der Waals surface area (Å²) in [6.07, 6.45) is 0.110. The molecule has 0 aromatic heterocycles. The van der Waals surface area contributed by atoms with Crippen LogP contribution in [-0.2, 0) is 27.2 Å². The summed E-state index contributed by atoms with van der Waals surface area (Å²) < 4.78 is 15.8. The topological polar surface area (TPSA) is 85.3 Å². The number of carboxylic acids is 1. The highest BCUT2D eigenvalue weighted by molar-refractivity contribution is 5.78. The minimum Gasteiger partial charge on any atom is -0.497 e. The van der Waals surface area contributed by atoms with E-state index < -0.39 is 12.1 Å². The Morgan fingerprint density at radius 2 is 1.48 bits per heavy atom. The molecule has 31 heavy (non-hydrogen) atoms. The quantitative estimate of drug-likeness (QED) is 0.558. The van der Waals surface area contributed by atoms with Gasteiger partial charge in [-0.1, -0.05) is 24.3 Å². The molecule has 0 aliphatic heterocycles. The van der Waals surface area contributed by atoms with Crippen LogP contribution in [0.4, 0.5) is 0 Å². The van der Waals surface area contributed by atoms with Crippen LogP contribution < -0.4 is 9.47 Å². The lowest BCUT2D eigenvalue weighted by Crippen LogP contribution is -2.42. The number of ether oxygens (including phenoxy) is 3. The Balaban J connectivity index is 1.89. The molecule has 0 bridgehead atoms. The molecule has 0 spiro atoms. The van der Waals surface area contributed by atoms with Crippen molar-refractivity contribution in [2.75, 3.05) is 27.4 Å². The second-order valence-corrected chi connectivity index (χ2v) is 7.28. The fourth-order valence-electron chi connectivity index (χ4n) is 3.38. The fraction of sp³-hybridized carbons (Fsp3) is 0.417. The lowest BCUT2D eigenvalue weighted by Gasteiger charge is -2.28. The van der Waals surface area contributed by atoms with E-state index in [2.05, 4.69) is 0 Å². The van der Waals surface area contributed by atoms with Gasteiger partial charge in [-0.05, 0) is 55.7 Å². The first-order valence-electron chi connectivity index (χ1n) is 10.3. The average Bonchev–Trinajstić information content (AvgIpc) is 2.77. The molecule has 0 saturated carbocycles. The molecule has 1 unspecified atom stereocenters. The molecule has 0 aliphatic carbocycles. The minimum atomic E-state index is -1.00. The molecule has 1 N–H and O–H groups in total. The van der Waals surface area contributed by atoms with Gasteiger partial charge in [0.1, 0.15) is 11.5 Å². The maximum atomic E-state index is 12.7. The Morgan fingerprint density at radius 1 is 0.935 bits per heavy atom. The molecule has 0 aliphatic rings. The summed E-state index contributed by atoms with van der Waals surface area (Å²) in [6, 6.07) is 14.9. The monoisotopic (exact) mass is 429 g/mol. The number of amides is 1. The predicted octanol–water partition coefficient (Wildman–Crippen LogP) is 3.20. The van der Waals surface area contributed by atoms with Crippen LogP contribution in [0.15, 0.2) is 48.5 Å². The number of rotatable bonds is 12. The second-order valence-electron chi connectivity index (χ2n) is 7.28. The van der Waals surface area contributed by atoms with Crippen molar-refractivity contribution < 1.29 is 28.9 Å². The Hall–Kier alpha value is -3.06. The van der Waals surface area contributed by atoms with Gasteiger partial charge in [0.15, 0.2) is 12.7 Å². The van der Waals surface area contributed by atoms with E-state index in [0.29, 0.717) is 12.3 Å². The second kappa shape index (κ2) is 12.0. The van der Waals surface area contributed by atoms with Crippen molar-refractivity contribution in [1.29, 1.82) is 0 Å². The molecule has 0 heterocycles. The van der Waals surface area contributed by atoms with E-state index in [-0.39, 0.29) is 25.0 Å². The van der Waals surface area contributed by atoms with Crippen LogP contribution in [0.25, 0.3) is 0 Å². The number of aliphatic carboxylic acids is 1. The highest BCUT2D eigenvalue weighted by Gasteiger charge is 2.20. The number of likely N-dealkylation sites (N-methyl/N-ethyl adjacent to an activating group) is 1. The van der Waals surface area contributed by atoms with Gasteiger partial charge in [0.25, 0.3) is 5.91 Å². The summed E-state index contributed by atoms with van der Waals surface area (Å²) in [5, 5.41) is 9.07. The maximum Gasteiger partial charge on any atom is 0.333 e. The summed E-state index contributed by atoms with van der Waals surface area (Å²) in [6.45, 7) is 4.50. The number of carboxylic acid groups (broad SMARTS) is 1. The molecule has 0 saturated heterocycles. The van der Waals surface area contributed by atoms with Crippen molar-refractivity contribution in [3.8, 4) is 11.5 Å². The maximum absolute atomic E-state index is 12.7. The summed E-state index contributed by atoms with van der Waals surface area (Å²) in [5.41, 5.74) is 1.95. The molecule has 2 aromatic rings. The zero-order valence-corrected chi connectivity index (χ0v) is 18.5. The van der Waals surface area contributed by atoms with E-state index in [9.17, 15) is 9.59 Å². The van der Waals surface area contributed by atoms with Crippen molar-refractivity contribution in [2.45, 2.75) is 38.8 Å². The molecule has 0 fully saturated rings. The predicted molar refractivity (Wildman–Crippen MR) is 118 cm³/mol. The van der Waals surface area contributed by atoms with E-state index in [1.165, 1.54) is 7.11 Å². The van der Waals surface area contributed by atoms with Crippen molar-refractivity contribution in [3.63, 3.8) is 0 Å². The lowest BCUT2D eigenvalue weighted by molar-refractivity contribution is -0.148. The number of methoxy groups -OCH3 is 2. The van der Waals surface area contributed by atoms with Crippen molar-refractivity contribution in [3.05, 3.63) is 59.7 Å². The Labute approximate surface area is 183 Å². The molecule has 168 valence electrons. The third-order valence-corrected chi connectivity index (χ3v) is 5.15. The number of carbonyl (C=O) groups is 2. The van der Waals surface area contributed by atoms with Crippen LogP contribution in [0.2, 0.25) is 0 Å². The molecule has 2 aromatic carbocycles. The van der Waals surface area contributed by atoms with Gasteiger partial charge in [0.2, 0.25) is 0 Å². The highest BCUT2D eigenvalue weighted by Crippen LogP contribution is 2.17. The van der Waals surface area contributed by atoms with Crippen molar-refractivity contribution in [1.82, 2.24) is 4.90 Å². The third kappa shape index (κ3) is 7.29. The van der Waals surface area contributed by atoms with Crippen LogP contribution in [0.3, 0.4) is 0 Å². The molecule has 7 heteroatoms. The number of carbonyl (C=O) groups excluding carboxylic acids is 1. The van der Waals surface area contributed by atoms with Gasteiger partial charge in [0.05, 0.1) is 7.11 Å². The van der Waals surface area contributed by atoms with Gasteiger partial charge in [-0.15, -0.1) is 0 Å². The molecule has 2 atom stereocenters. The normalized spacial score (nSPS) is 12.6. The van der Waals surface area contributed by atoms with Crippen LogP contribution in [0.1, 0.15) is 25.0 Å². The lowest BCUT2D eigenvalue weighted by atomic mass is 10.1. The standard InChI is InChI=1S/C24H31NO6/c1-5-25(17(2)14-18-6-10-20(29-3)11-7-18)23(26)16-31-21-12-8-19(9-13-21)15-22(30-4)24(27)28/h6-13,17,22H,5,14-16H2,1-4H3,(H,27,28)/t17?,22-/m0/s1. The van der Waals surface area contributed by atoms with Crippen LogP contribution in [0, 0.1) is 0 Å². The van der Waals surface area contributed by atoms with Crippen LogP contribution in [-0.4, -0.2) is 61.4 Å². The van der Waals surface area contributed by atoms with Gasteiger partial charge < -0.3 is 24.2 Å². The SMILES string of the molecule is CCN(C(=O)COc1ccc(C[C@H](OC)C(=O)O)cc1)C(C)Cc1ccc(OC)cc1. The van der Waals surface area contributed by atoms with Gasteiger partial charge in [-0.3, -0.25) is 4.79 Å². The number of hydrogen-bond acceptors (Lipinski definition) is 5. The molecule has 0 radical (unpaired) electrons. The van der Waals surface area contributed by atoms with E-state index in [4.69, 9.17) is 19.3 Å². The van der Waals surface area contributed by atoms with Crippen LogP contribution in [0.5, 0.6) is 11.5 Å². The number of benzene rings is 2. The Bertz CT molecular complexity index is 834. The van der Waals surface area contributed by atoms with Gasteiger partial charge in [0, 0.05) is 26.1 Å². The van der Waals surface area contributed by atoms with E-state index in [0.717, 1.165) is 23.3 Å². The molecular formula is C24H31NO6. The minimum absolute atomic E-state index is 0.0267. The van der Waals surface area contributed by atoms with Gasteiger partial charge in [-0.25, -0.2) is 4.79 Å². The van der Waals surface area contributed by atoms with Gasteiger partial charge >= 0.3 is 5.97 Å². The van der Waals surface area contributed by atoms with Crippen LogP contribution >= 0.6 is 0 Å². The number of hydrogen-bond donors (Lipinski definition) is 1. The summed E-state index contributed by atoms with van der Waals surface area (Å²) in [4.78, 5) is 25.6. The fourth-order valence-corrected chi connectivity index (χ4v) is 3.38. The summed E-state index contributed by atoms with van der Waals surface area (Å²) in [7, 11) is 3.01. The molecular weight excluding hydrogens is 398 g/mol. The molecule has 1 amide bonds. The zero-order valence-electron chi connectivity index (χ0n) is 18.5. The summed E-state index contributed by atoms with van der Waals surface area (Å²) in [5.74, 6) is 0.273.